The lowest BCUT2D eigenvalue weighted by Crippen LogP contribution is -2.43. The van der Waals surface area contributed by atoms with Gasteiger partial charge in [0.2, 0.25) is 15.9 Å². The second-order valence-corrected chi connectivity index (χ2v) is 8.26. The molecule has 3 rings (SSSR count). The Labute approximate surface area is 151 Å². The van der Waals surface area contributed by atoms with Crippen molar-refractivity contribution >= 4 is 33.2 Å². The van der Waals surface area contributed by atoms with Crippen LogP contribution in [-0.2, 0) is 14.8 Å². The Morgan fingerprint density at radius 1 is 1.16 bits per heavy atom. The first-order valence-corrected chi connectivity index (χ1v) is 9.75. The first-order chi connectivity index (χ1) is 12.0. The van der Waals surface area contributed by atoms with Crippen molar-refractivity contribution < 1.29 is 13.2 Å². The number of anilines is 1. The Kier molecular flexibility index (Phi) is 5.36. The number of benzene rings is 1. The molecule has 1 amide bonds. The summed E-state index contributed by atoms with van der Waals surface area (Å²) in [5.74, 6) is -0.564. The van der Waals surface area contributed by atoms with E-state index in [-0.39, 0.29) is 23.3 Å². The van der Waals surface area contributed by atoms with Gasteiger partial charge < -0.3 is 5.32 Å². The third kappa shape index (κ3) is 4.18. The number of nitrogens with zero attached hydrogens (tertiary/aromatic N) is 2. The SMILES string of the molecule is O=C(Nc1ccncc1)[C@H]1CCCN(S(=O)(=O)c2ccc(Cl)cc2)C1. The van der Waals surface area contributed by atoms with Gasteiger partial charge in [0.15, 0.2) is 0 Å². The number of aromatic nitrogens is 1. The molecule has 8 heteroatoms. The highest BCUT2D eigenvalue weighted by atomic mass is 35.5. The van der Waals surface area contributed by atoms with Crippen molar-refractivity contribution in [2.75, 3.05) is 18.4 Å². The van der Waals surface area contributed by atoms with Gasteiger partial charge >= 0.3 is 0 Å². The number of hydrogen-bond donors (Lipinski definition) is 1. The lowest BCUT2D eigenvalue weighted by Gasteiger charge is -2.31. The maximum absolute atomic E-state index is 12.8. The molecule has 132 valence electrons. The number of carbonyl (C=O) groups excluding carboxylic acids is 1. The van der Waals surface area contributed by atoms with Gasteiger partial charge in [-0.1, -0.05) is 11.6 Å². The van der Waals surface area contributed by atoms with Crippen LogP contribution >= 0.6 is 11.6 Å². The predicted octanol–water partition coefficient (Wildman–Crippen LogP) is 2.77. The number of sulfonamides is 1. The Morgan fingerprint density at radius 2 is 1.84 bits per heavy atom. The van der Waals surface area contributed by atoms with E-state index < -0.39 is 10.0 Å². The van der Waals surface area contributed by atoms with E-state index in [9.17, 15) is 13.2 Å². The molecule has 1 aromatic heterocycles. The predicted molar refractivity (Wildman–Crippen MR) is 95.8 cm³/mol. The maximum atomic E-state index is 12.8. The van der Waals surface area contributed by atoms with E-state index in [1.165, 1.54) is 16.4 Å². The molecule has 2 aromatic rings. The second kappa shape index (κ2) is 7.51. The second-order valence-electron chi connectivity index (χ2n) is 5.88. The molecule has 0 radical (unpaired) electrons. The van der Waals surface area contributed by atoms with Crippen LogP contribution in [0.4, 0.5) is 5.69 Å². The highest BCUT2D eigenvalue weighted by Gasteiger charge is 2.33. The van der Waals surface area contributed by atoms with Crippen LogP contribution in [0.5, 0.6) is 0 Å². The van der Waals surface area contributed by atoms with Gasteiger partial charge in [0.1, 0.15) is 0 Å². The zero-order valence-electron chi connectivity index (χ0n) is 13.4. The number of hydrogen-bond acceptors (Lipinski definition) is 4. The fourth-order valence-corrected chi connectivity index (χ4v) is 4.46. The van der Waals surface area contributed by atoms with E-state index in [4.69, 9.17) is 11.6 Å². The van der Waals surface area contributed by atoms with Crippen molar-refractivity contribution in [3.63, 3.8) is 0 Å². The molecule has 0 aliphatic carbocycles. The van der Waals surface area contributed by atoms with E-state index in [1.807, 2.05) is 0 Å². The molecular formula is C17H18ClN3O3S. The lowest BCUT2D eigenvalue weighted by molar-refractivity contribution is -0.120. The number of rotatable bonds is 4. The summed E-state index contributed by atoms with van der Waals surface area (Å²) < 4.78 is 26.9. The lowest BCUT2D eigenvalue weighted by atomic mass is 9.99. The molecule has 0 unspecified atom stereocenters. The van der Waals surface area contributed by atoms with E-state index >= 15 is 0 Å². The maximum Gasteiger partial charge on any atom is 0.243 e. The van der Waals surface area contributed by atoms with Gasteiger partial charge in [-0.05, 0) is 49.2 Å². The minimum Gasteiger partial charge on any atom is -0.326 e. The number of piperidine rings is 1. The third-order valence-electron chi connectivity index (χ3n) is 4.15. The van der Waals surface area contributed by atoms with Crippen LogP contribution in [0, 0.1) is 5.92 Å². The highest BCUT2D eigenvalue weighted by molar-refractivity contribution is 7.89. The summed E-state index contributed by atoms with van der Waals surface area (Å²) in [7, 11) is -3.63. The molecule has 2 heterocycles. The summed E-state index contributed by atoms with van der Waals surface area (Å²) >= 11 is 5.82. The number of nitrogens with one attached hydrogen (secondary N) is 1. The minimum atomic E-state index is -3.63. The van der Waals surface area contributed by atoms with Gasteiger partial charge in [-0.25, -0.2) is 8.42 Å². The molecule has 25 heavy (non-hydrogen) atoms. The van der Waals surface area contributed by atoms with Gasteiger partial charge in [-0.2, -0.15) is 4.31 Å². The smallest absolute Gasteiger partial charge is 0.243 e. The average molecular weight is 380 g/mol. The molecule has 0 saturated carbocycles. The van der Waals surface area contributed by atoms with Crippen LogP contribution in [0.3, 0.4) is 0 Å². The molecule has 1 atom stereocenters. The van der Waals surface area contributed by atoms with Crippen LogP contribution in [0.25, 0.3) is 0 Å². The average Bonchev–Trinajstić information content (AvgIpc) is 2.63. The van der Waals surface area contributed by atoms with Crippen LogP contribution in [0.2, 0.25) is 5.02 Å². The van der Waals surface area contributed by atoms with Crippen LogP contribution in [0.1, 0.15) is 12.8 Å². The molecule has 1 aliphatic rings. The molecule has 1 fully saturated rings. The van der Waals surface area contributed by atoms with Crippen molar-refractivity contribution in [1.82, 2.24) is 9.29 Å². The molecule has 0 bridgehead atoms. The molecular weight excluding hydrogens is 362 g/mol. The molecule has 0 spiro atoms. The quantitative estimate of drug-likeness (QED) is 0.885. The van der Waals surface area contributed by atoms with Crippen molar-refractivity contribution in [3.8, 4) is 0 Å². The van der Waals surface area contributed by atoms with Crippen molar-refractivity contribution in [2.45, 2.75) is 17.7 Å². The van der Waals surface area contributed by atoms with E-state index in [1.54, 1.807) is 36.7 Å². The molecule has 1 saturated heterocycles. The van der Waals surface area contributed by atoms with Gasteiger partial charge in [0.25, 0.3) is 0 Å². The normalized spacial score (nSPS) is 18.7. The summed E-state index contributed by atoms with van der Waals surface area (Å²) in [6, 6.07) is 9.46. The first-order valence-electron chi connectivity index (χ1n) is 7.93. The monoisotopic (exact) mass is 379 g/mol. The van der Waals surface area contributed by atoms with Crippen LogP contribution in [-0.4, -0.2) is 36.7 Å². The van der Waals surface area contributed by atoms with Crippen molar-refractivity contribution in [3.05, 3.63) is 53.8 Å². The Balaban J connectivity index is 1.72. The Morgan fingerprint density at radius 3 is 2.52 bits per heavy atom. The summed E-state index contributed by atoms with van der Waals surface area (Å²) in [6.45, 7) is 0.575. The summed E-state index contributed by atoms with van der Waals surface area (Å²) in [5, 5.41) is 3.29. The number of halogens is 1. The molecule has 1 aromatic carbocycles. The zero-order valence-corrected chi connectivity index (χ0v) is 15.0. The molecule has 1 aliphatic heterocycles. The molecule has 6 nitrogen and oxygen atoms in total. The first kappa shape index (κ1) is 17.8. The van der Waals surface area contributed by atoms with Crippen LogP contribution < -0.4 is 5.32 Å². The fourth-order valence-electron chi connectivity index (χ4n) is 2.81. The van der Waals surface area contributed by atoms with E-state index in [0.717, 1.165) is 0 Å². The highest BCUT2D eigenvalue weighted by Crippen LogP contribution is 2.25. The summed E-state index contributed by atoms with van der Waals surface area (Å²) in [5.41, 5.74) is 0.651. The van der Waals surface area contributed by atoms with Gasteiger partial charge in [0, 0.05) is 36.2 Å². The Hall–Kier alpha value is -1.96. The fraction of sp³-hybridized carbons (Fsp3) is 0.294. The van der Waals surface area contributed by atoms with Gasteiger partial charge in [-0.15, -0.1) is 0 Å². The summed E-state index contributed by atoms with van der Waals surface area (Å²) in [4.78, 5) is 16.5. The van der Waals surface area contributed by atoms with Crippen LogP contribution in [0.15, 0.2) is 53.7 Å². The van der Waals surface area contributed by atoms with Crippen molar-refractivity contribution in [2.24, 2.45) is 5.92 Å². The largest absolute Gasteiger partial charge is 0.326 e. The zero-order chi connectivity index (χ0) is 17.9. The third-order valence-corrected chi connectivity index (χ3v) is 6.29. The van der Waals surface area contributed by atoms with E-state index in [0.29, 0.717) is 30.1 Å². The summed E-state index contributed by atoms with van der Waals surface area (Å²) in [6.07, 6.45) is 4.48. The minimum absolute atomic E-state index is 0.169. The van der Waals surface area contributed by atoms with E-state index in [2.05, 4.69) is 10.3 Å². The number of pyridine rings is 1. The Bertz CT molecular complexity index is 841. The van der Waals surface area contributed by atoms with Gasteiger partial charge in [-0.3, -0.25) is 9.78 Å². The standard InChI is InChI=1S/C17H18ClN3O3S/c18-14-3-5-16(6-4-14)25(23,24)21-11-1-2-13(12-21)17(22)20-15-7-9-19-10-8-15/h3-10,13H,1-2,11-12H2,(H,19,20,22)/t13-/m0/s1. The van der Waals surface area contributed by atoms with Gasteiger partial charge in [0.05, 0.1) is 10.8 Å². The molecule has 1 N–H and O–H groups in total. The number of carbonyl (C=O) groups is 1. The van der Waals surface area contributed by atoms with Crippen molar-refractivity contribution in [1.29, 1.82) is 0 Å². The topological polar surface area (TPSA) is 79.4 Å². The number of amides is 1.